The van der Waals surface area contributed by atoms with Gasteiger partial charge in [0.1, 0.15) is 12.6 Å². The molecule has 2 aromatic heterocycles. The number of H-pyrrole nitrogens is 1. The second kappa shape index (κ2) is 13.4. The van der Waals surface area contributed by atoms with Gasteiger partial charge >= 0.3 is 6.09 Å². The zero-order chi connectivity index (χ0) is 31.2. The summed E-state index contributed by atoms with van der Waals surface area (Å²) in [7, 11) is 0. The number of carbonyl (C=O) groups is 3. The number of rotatable bonds is 10. The molecule has 0 saturated carbocycles. The molecule has 3 amide bonds. The number of aromatic amines is 1. The lowest BCUT2D eigenvalue weighted by Crippen LogP contribution is -2.48. The normalized spacial score (nSPS) is 11.6. The third-order valence-corrected chi connectivity index (χ3v) is 8.50. The summed E-state index contributed by atoms with van der Waals surface area (Å²) in [6.45, 7) is 0.327. The van der Waals surface area contributed by atoms with Gasteiger partial charge in [0.05, 0.1) is 16.3 Å². The Labute approximate surface area is 263 Å². The maximum Gasteiger partial charge on any atom is 0.408 e. The zero-order valence-electron chi connectivity index (χ0n) is 24.2. The number of hydrogen-bond acceptors (Lipinski definition) is 6. The average Bonchev–Trinajstić information content (AvgIpc) is 3.68. The first-order valence-corrected chi connectivity index (χ1v) is 15.2. The number of anilines is 2. The van der Waals surface area contributed by atoms with Gasteiger partial charge in [-0.2, -0.15) is 0 Å². The Bertz CT molecular complexity index is 1980. The summed E-state index contributed by atoms with van der Waals surface area (Å²) in [5.41, 5.74) is 10.6. The first-order valence-electron chi connectivity index (χ1n) is 14.4. The molecule has 226 valence electrons. The minimum Gasteiger partial charge on any atom is -0.445 e. The van der Waals surface area contributed by atoms with E-state index in [2.05, 4.69) is 20.9 Å². The summed E-state index contributed by atoms with van der Waals surface area (Å²) >= 11 is 1.36. The molecule has 6 N–H and O–H groups in total. The number of alkyl carbamates (subject to hydrolysis) is 1. The molecule has 2 heterocycles. The fourth-order valence-electron chi connectivity index (χ4n) is 5.04. The van der Waals surface area contributed by atoms with Gasteiger partial charge in [-0.3, -0.25) is 9.59 Å². The lowest BCUT2D eigenvalue weighted by molar-refractivity contribution is -0.123. The highest BCUT2D eigenvalue weighted by Crippen LogP contribution is 2.28. The summed E-state index contributed by atoms with van der Waals surface area (Å²) in [5.74, 6) is -0.585. The first-order chi connectivity index (χ1) is 21.9. The number of carbonyl (C=O) groups excluding carboxylic acids is 3. The molecule has 4 aromatic carbocycles. The Morgan fingerprint density at radius 3 is 2.49 bits per heavy atom. The van der Waals surface area contributed by atoms with Gasteiger partial charge in [0.2, 0.25) is 5.91 Å². The molecule has 0 saturated heterocycles. The molecule has 0 radical (unpaired) electrons. The number of benzene rings is 4. The standard InChI is InChI=1S/C35H31N5O4S/c36-27-11-5-7-13-29(27)39-34(42)32-18-24-15-14-23(16-31(24)45-32)19-38-33(41)30(17-25-20-37-28-12-6-4-10-26(25)28)40-35(43)44-21-22-8-2-1-3-9-22/h1-16,18,20,30,37H,17,19,21,36H2,(H,38,41)(H,39,42)(H,40,43). The second-order valence-corrected chi connectivity index (χ2v) is 11.6. The van der Waals surface area contributed by atoms with E-state index in [9.17, 15) is 14.4 Å². The first kappa shape index (κ1) is 29.5. The molecule has 0 spiro atoms. The number of nitrogens with two attached hydrogens (primary N) is 1. The maximum atomic E-state index is 13.5. The Morgan fingerprint density at radius 1 is 0.867 bits per heavy atom. The molecule has 6 rings (SSSR count). The van der Waals surface area contributed by atoms with Crippen LogP contribution in [0.3, 0.4) is 0 Å². The van der Waals surface area contributed by atoms with E-state index in [1.807, 2.05) is 97.2 Å². The lowest BCUT2D eigenvalue weighted by Gasteiger charge is -2.18. The number of fused-ring (bicyclic) bond motifs is 2. The van der Waals surface area contributed by atoms with Crippen LogP contribution in [-0.4, -0.2) is 28.9 Å². The van der Waals surface area contributed by atoms with Crippen molar-refractivity contribution in [2.24, 2.45) is 0 Å². The quantitative estimate of drug-likeness (QED) is 0.114. The molecule has 10 heteroatoms. The highest BCUT2D eigenvalue weighted by atomic mass is 32.1. The van der Waals surface area contributed by atoms with Crippen molar-refractivity contribution in [3.8, 4) is 0 Å². The topological polar surface area (TPSA) is 138 Å². The lowest BCUT2D eigenvalue weighted by atomic mass is 10.0. The van der Waals surface area contributed by atoms with Crippen molar-refractivity contribution < 1.29 is 19.1 Å². The number of thiophene rings is 1. The highest BCUT2D eigenvalue weighted by molar-refractivity contribution is 7.20. The molecular weight excluding hydrogens is 586 g/mol. The van der Waals surface area contributed by atoms with Crippen LogP contribution in [0.5, 0.6) is 0 Å². The van der Waals surface area contributed by atoms with Gasteiger partial charge in [-0.05, 0) is 52.4 Å². The molecule has 45 heavy (non-hydrogen) atoms. The van der Waals surface area contributed by atoms with E-state index in [1.165, 1.54) is 11.3 Å². The second-order valence-electron chi connectivity index (χ2n) is 10.6. The Kier molecular flexibility index (Phi) is 8.74. The fraction of sp³-hybridized carbons (Fsp3) is 0.114. The number of nitrogen functional groups attached to an aromatic ring is 1. The summed E-state index contributed by atoms with van der Waals surface area (Å²) in [6.07, 6.45) is 1.44. The largest absolute Gasteiger partial charge is 0.445 e. The molecule has 1 unspecified atom stereocenters. The molecule has 6 aromatic rings. The van der Waals surface area contributed by atoms with Crippen LogP contribution in [0.1, 0.15) is 26.4 Å². The van der Waals surface area contributed by atoms with Crippen LogP contribution in [-0.2, 0) is 29.1 Å². The van der Waals surface area contributed by atoms with Crippen LogP contribution < -0.4 is 21.7 Å². The molecule has 0 fully saturated rings. The van der Waals surface area contributed by atoms with Crippen LogP contribution in [0.25, 0.3) is 21.0 Å². The minimum atomic E-state index is -0.876. The van der Waals surface area contributed by atoms with Crippen LogP contribution >= 0.6 is 11.3 Å². The average molecular weight is 618 g/mol. The Hall–Kier alpha value is -5.61. The Balaban J connectivity index is 1.13. The van der Waals surface area contributed by atoms with E-state index in [-0.39, 0.29) is 31.4 Å². The van der Waals surface area contributed by atoms with E-state index < -0.39 is 12.1 Å². The van der Waals surface area contributed by atoms with E-state index >= 15 is 0 Å². The number of amides is 3. The molecule has 9 nitrogen and oxygen atoms in total. The SMILES string of the molecule is Nc1ccccc1NC(=O)c1cc2ccc(CNC(=O)C(Cc3c[nH]c4ccccc34)NC(=O)OCc3ccccc3)cc2s1. The zero-order valence-corrected chi connectivity index (χ0v) is 25.0. The number of para-hydroxylation sites is 3. The summed E-state index contributed by atoms with van der Waals surface area (Å²) in [5, 5.41) is 10.5. The van der Waals surface area contributed by atoms with Crippen molar-refractivity contribution in [3.05, 3.63) is 131 Å². The number of aromatic nitrogens is 1. The van der Waals surface area contributed by atoms with Gasteiger partial charge in [-0.25, -0.2) is 4.79 Å². The summed E-state index contributed by atoms with van der Waals surface area (Å²) < 4.78 is 6.32. The van der Waals surface area contributed by atoms with Gasteiger partial charge in [-0.1, -0.05) is 72.8 Å². The van der Waals surface area contributed by atoms with E-state index in [1.54, 1.807) is 12.1 Å². The minimum absolute atomic E-state index is 0.0909. The van der Waals surface area contributed by atoms with Crippen molar-refractivity contribution in [2.45, 2.75) is 25.6 Å². The molecule has 0 aliphatic carbocycles. The van der Waals surface area contributed by atoms with Gasteiger partial charge in [0.15, 0.2) is 0 Å². The van der Waals surface area contributed by atoms with Crippen molar-refractivity contribution in [2.75, 3.05) is 11.1 Å². The molecule has 0 aliphatic rings. The van der Waals surface area contributed by atoms with Gasteiger partial charge < -0.3 is 31.4 Å². The predicted octanol–water partition coefficient (Wildman–Crippen LogP) is 6.37. The number of nitrogens with one attached hydrogen (secondary N) is 4. The van der Waals surface area contributed by atoms with Gasteiger partial charge in [0.25, 0.3) is 5.91 Å². The van der Waals surface area contributed by atoms with Gasteiger partial charge in [-0.15, -0.1) is 11.3 Å². The third-order valence-electron chi connectivity index (χ3n) is 7.40. The van der Waals surface area contributed by atoms with Crippen LogP contribution in [0.15, 0.2) is 109 Å². The third kappa shape index (κ3) is 7.14. The number of ether oxygens (including phenoxy) is 1. The fourth-order valence-corrected chi connectivity index (χ4v) is 6.06. The maximum absolute atomic E-state index is 13.5. The van der Waals surface area contributed by atoms with E-state index in [0.29, 0.717) is 16.3 Å². The van der Waals surface area contributed by atoms with Crippen LogP contribution in [0, 0.1) is 0 Å². The monoisotopic (exact) mass is 617 g/mol. The predicted molar refractivity (Wildman–Crippen MR) is 178 cm³/mol. The molecular formula is C35H31N5O4S. The molecule has 0 aliphatic heterocycles. The molecule has 1 atom stereocenters. The van der Waals surface area contributed by atoms with Crippen LogP contribution in [0.2, 0.25) is 0 Å². The van der Waals surface area contributed by atoms with E-state index in [0.717, 1.165) is 37.7 Å². The van der Waals surface area contributed by atoms with E-state index in [4.69, 9.17) is 10.5 Å². The highest BCUT2D eigenvalue weighted by Gasteiger charge is 2.23. The smallest absolute Gasteiger partial charge is 0.408 e. The van der Waals surface area contributed by atoms with Crippen LogP contribution in [0.4, 0.5) is 16.2 Å². The Morgan fingerprint density at radius 2 is 1.64 bits per heavy atom. The van der Waals surface area contributed by atoms with Crippen molar-refractivity contribution in [1.82, 2.24) is 15.6 Å². The van der Waals surface area contributed by atoms with Crippen molar-refractivity contribution in [1.29, 1.82) is 0 Å². The van der Waals surface area contributed by atoms with Crippen molar-refractivity contribution >= 4 is 61.6 Å². The number of hydrogen-bond donors (Lipinski definition) is 5. The summed E-state index contributed by atoms with van der Waals surface area (Å²) in [6, 6.07) is 31.0. The molecule has 0 bridgehead atoms. The summed E-state index contributed by atoms with van der Waals surface area (Å²) in [4.78, 5) is 42.9. The van der Waals surface area contributed by atoms with Crippen molar-refractivity contribution in [3.63, 3.8) is 0 Å². The van der Waals surface area contributed by atoms with Gasteiger partial charge in [0, 0.05) is 34.8 Å².